The van der Waals surface area contributed by atoms with Gasteiger partial charge in [-0.15, -0.1) is 0 Å². The van der Waals surface area contributed by atoms with Gasteiger partial charge in [-0.1, -0.05) is 24.3 Å². The molecule has 2 aliphatic heterocycles. The molecule has 1 aliphatic carbocycles. The molecule has 1 aromatic heterocycles. The Balaban J connectivity index is 1.18. The van der Waals surface area contributed by atoms with Crippen LogP contribution in [0.4, 0.5) is 0 Å². The van der Waals surface area contributed by atoms with Gasteiger partial charge in [0.05, 0.1) is 31.6 Å². The number of rotatable bonds is 3. The number of hydrogen-bond donors (Lipinski definition) is 1. The quantitative estimate of drug-likeness (QED) is 0.839. The summed E-state index contributed by atoms with van der Waals surface area (Å²) in [5.41, 5.74) is 4.19. The maximum atomic E-state index is 12.7. The summed E-state index contributed by atoms with van der Waals surface area (Å²) in [6.07, 6.45) is 4.30. The van der Waals surface area contributed by atoms with E-state index < -0.39 is 6.10 Å². The number of aromatic nitrogens is 2. The van der Waals surface area contributed by atoms with Crippen LogP contribution in [-0.4, -0.2) is 34.4 Å². The fourth-order valence-corrected chi connectivity index (χ4v) is 4.76. The van der Waals surface area contributed by atoms with Crippen molar-refractivity contribution in [3.63, 3.8) is 0 Å². The van der Waals surface area contributed by atoms with Gasteiger partial charge < -0.3 is 14.8 Å². The average Bonchev–Trinajstić information content (AvgIpc) is 2.79. The number of fused-ring (bicyclic) bond motifs is 2. The number of hydrogen-bond acceptors (Lipinski definition) is 5. The van der Waals surface area contributed by atoms with Crippen LogP contribution in [0.15, 0.2) is 35.1 Å². The molecular weight excluding hydrogens is 382 g/mol. The maximum Gasteiger partial charge on any atom is 0.267 e. The van der Waals surface area contributed by atoms with Crippen LogP contribution in [0.5, 0.6) is 0 Å². The summed E-state index contributed by atoms with van der Waals surface area (Å²) >= 11 is 0. The van der Waals surface area contributed by atoms with Gasteiger partial charge in [0.15, 0.2) is 0 Å². The van der Waals surface area contributed by atoms with E-state index in [-0.39, 0.29) is 23.6 Å². The predicted molar refractivity (Wildman–Crippen MR) is 110 cm³/mol. The highest BCUT2D eigenvalue weighted by Crippen LogP contribution is 2.28. The third-order valence-corrected chi connectivity index (χ3v) is 6.51. The van der Waals surface area contributed by atoms with E-state index in [1.807, 2.05) is 12.1 Å². The van der Waals surface area contributed by atoms with E-state index in [2.05, 4.69) is 22.5 Å². The Kier molecular flexibility index (Phi) is 5.39. The first-order valence-corrected chi connectivity index (χ1v) is 10.9. The van der Waals surface area contributed by atoms with Crippen LogP contribution in [0.3, 0.4) is 0 Å². The van der Waals surface area contributed by atoms with E-state index in [0.29, 0.717) is 26.2 Å². The third-order valence-electron chi connectivity index (χ3n) is 6.51. The van der Waals surface area contributed by atoms with Crippen molar-refractivity contribution in [3.8, 4) is 0 Å². The zero-order chi connectivity index (χ0) is 20.5. The van der Waals surface area contributed by atoms with E-state index in [0.717, 1.165) is 48.9 Å². The predicted octanol–water partition coefficient (Wildman–Crippen LogP) is 2.06. The standard InChI is InChI=1S/C23H27N3O4/c27-22-12-17-13-29-10-9-20(17)25-26(22)19-7-5-18(6-8-19)24-23(28)21-11-15-3-1-2-4-16(15)14-30-21/h1-4,12,18-19,21H,5-11,13-14H2,(H,24,28). The van der Waals surface area contributed by atoms with Crippen molar-refractivity contribution >= 4 is 5.91 Å². The van der Waals surface area contributed by atoms with E-state index in [1.165, 1.54) is 5.56 Å². The maximum absolute atomic E-state index is 12.7. The normalized spacial score (nSPS) is 25.8. The molecule has 1 fully saturated rings. The second-order valence-corrected chi connectivity index (χ2v) is 8.49. The molecule has 3 heterocycles. The summed E-state index contributed by atoms with van der Waals surface area (Å²) in [6.45, 7) is 1.62. The highest BCUT2D eigenvalue weighted by atomic mass is 16.5. The molecule has 158 valence electrons. The minimum Gasteiger partial charge on any atom is -0.376 e. The fraction of sp³-hybridized carbons (Fsp3) is 0.522. The van der Waals surface area contributed by atoms with Crippen LogP contribution in [0.1, 0.15) is 54.1 Å². The summed E-state index contributed by atoms with van der Waals surface area (Å²) in [5.74, 6) is -0.0305. The highest BCUT2D eigenvalue weighted by Gasteiger charge is 2.30. The summed E-state index contributed by atoms with van der Waals surface area (Å²) in [4.78, 5) is 25.2. The van der Waals surface area contributed by atoms with Crippen molar-refractivity contribution < 1.29 is 14.3 Å². The monoisotopic (exact) mass is 409 g/mol. The number of benzene rings is 1. The van der Waals surface area contributed by atoms with Gasteiger partial charge in [-0.05, 0) is 36.8 Å². The lowest BCUT2D eigenvalue weighted by Gasteiger charge is -2.32. The first-order chi connectivity index (χ1) is 14.7. The number of carbonyl (C=O) groups is 1. The summed E-state index contributed by atoms with van der Waals surface area (Å²) in [5, 5.41) is 7.80. The third kappa shape index (κ3) is 3.91. The number of nitrogens with zero attached hydrogens (tertiary/aromatic N) is 2. The smallest absolute Gasteiger partial charge is 0.267 e. The molecule has 1 aromatic carbocycles. The first-order valence-electron chi connectivity index (χ1n) is 10.9. The molecule has 0 saturated heterocycles. The molecule has 1 saturated carbocycles. The van der Waals surface area contributed by atoms with Crippen LogP contribution in [0, 0.1) is 0 Å². The molecule has 1 amide bonds. The molecule has 1 unspecified atom stereocenters. The summed E-state index contributed by atoms with van der Waals surface area (Å²) < 4.78 is 12.9. The van der Waals surface area contributed by atoms with E-state index >= 15 is 0 Å². The summed E-state index contributed by atoms with van der Waals surface area (Å²) in [7, 11) is 0. The SMILES string of the molecule is O=C(NC1CCC(n2nc3c(cc2=O)COCC3)CC1)C1Cc2ccccc2CO1. The van der Waals surface area contributed by atoms with Crippen LogP contribution < -0.4 is 10.9 Å². The largest absolute Gasteiger partial charge is 0.376 e. The molecule has 7 heteroatoms. The molecule has 1 atom stereocenters. The van der Waals surface area contributed by atoms with Gasteiger partial charge in [0.1, 0.15) is 6.10 Å². The Morgan fingerprint density at radius 1 is 1.07 bits per heavy atom. The molecule has 30 heavy (non-hydrogen) atoms. The number of nitrogens with one attached hydrogen (secondary N) is 1. The second-order valence-electron chi connectivity index (χ2n) is 8.49. The van der Waals surface area contributed by atoms with Crippen LogP contribution >= 0.6 is 0 Å². The lowest BCUT2D eigenvalue weighted by Crippen LogP contribution is -2.46. The highest BCUT2D eigenvalue weighted by molar-refractivity contribution is 5.81. The number of carbonyl (C=O) groups excluding carboxylic acids is 1. The number of amides is 1. The molecule has 2 aromatic rings. The van der Waals surface area contributed by atoms with Gasteiger partial charge in [-0.25, -0.2) is 4.68 Å². The Bertz CT molecular complexity index is 994. The van der Waals surface area contributed by atoms with Crippen molar-refractivity contribution in [1.29, 1.82) is 0 Å². The topological polar surface area (TPSA) is 82.5 Å². The Hall–Kier alpha value is -2.51. The van der Waals surface area contributed by atoms with Gasteiger partial charge in [-0.3, -0.25) is 9.59 Å². The molecule has 0 radical (unpaired) electrons. The Labute approximate surface area is 175 Å². The molecule has 0 spiro atoms. The lowest BCUT2D eigenvalue weighted by molar-refractivity contribution is -0.135. The van der Waals surface area contributed by atoms with Gasteiger partial charge in [0, 0.05) is 30.5 Å². The van der Waals surface area contributed by atoms with Crippen molar-refractivity contribution in [2.75, 3.05) is 6.61 Å². The Morgan fingerprint density at radius 3 is 2.70 bits per heavy atom. The molecule has 3 aliphatic rings. The van der Waals surface area contributed by atoms with E-state index in [9.17, 15) is 9.59 Å². The molecule has 0 bridgehead atoms. The minimum atomic E-state index is -0.426. The molecular formula is C23H27N3O4. The average molecular weight is 409 g/mol. The van der Waals surface area contributed by atoms with Gasteiger partial charge in [-0.2, -0.15) is 5.10 Å². The van der Waals surface area contributed by atoms with Crippen LogP contribution in [0.25, 0.3) is 0 Å². The van der Waals surface area contributed by atoms with Gasteiger partial charge >= 0.3 is 0 Å². The second kappa shape index (κ2) is 8.32. The molecule has 7 nitrogen and oxygen atoms in total. The minimum absolute atomic E-state index is 0.0305. The van der Waals surface area contributed by atoms with Crippen molar-refractivity contribution in [3.05, 3.63) is 63.1 Å². The van der Waals surface area contributed by atoms with Gasteiger partial charge in [0.25, 0.3) is 5.56 Å². The van der Waals surface area contributed by atoms with Crippen molar-refractivity contribution in [1.82, 2.24) is 15.1 Å². The zero-order valence-corrected chi connectivity index (χ0v) is 17.0. The summed E-state index contributed by atoms with van der Waals surface area (Å²) in [6, 6.07) is 10.0. The number of ether oxygens (including phenoxy) is 2. The van der Waals surface area contributed by atoms with Crippen LogP contribution in [-0.2, 0) is 40.3 Å². The fourth-order valence-electron chi connectivity index (χ4n) is 4.76. The zero-order valence-electron chi connectivity index (χ0n) is 17.0. The first kappa shape index (κ1) is 19.5. The molecule has 1 N–H and O–H groups in total. The van der Waals surface area contributed by atoms with Gasteiger partial charge in [0.2, 0.25) is 5.91 Å². The lowest BCUT2D eigenvalue weighted by atomic mass is 9.90. The van der Waals surface area contributed by atoms with Crippen molar-refractivity contribution in [2.24, 2.45) is 0 Å². The molecule has 5 rings (SSSR count). The van der Waals surface area contributed by atoms with Crippen LogP contribution in [0.2, 0.25) is 0 Å². The Morgan fingerprint density at radius 2 is 1.87 bits per heavy atom. The van der Waals surface area contributed by atoms with E-state index in [1.54, 1.807) is 10.7 Å². The van der Waals surface area contributed by atoms with Crippen molar-refractivity contribution in [2.45, 2.75) is 69.9 Å². The van der Waals surface area contributed by atoms with E-state index in [4.69, 9.17) is 9.47 Å².